The number of rotatable bonds is 5. The minimum atomic E-state index is -0.454. The number of amides is 1. The summed E-state index contributed by atoms with van der Waals surface area (Å²) < 4.78 is 2.03. The Morgan fingerprint density at radius 2 is 1.81 bits per heavy atom. The van der Waals surface area contributed by atoms with E-state index in [1.54, 1.807) is 18.2 Å². The van der Waals surface area contributed by atoms with Crippen LogP contribution in [0.1, 0.15) is 22.3 Å². The van der Waals surface area contributed by atoms with Crippen molar-refractivity contribution in [2.75, 3.05) is 5.32 Å². The third kappa shape index (κ3) is 4.28. The third-order valence-corrected chi connectivity index (χ3v) is 5.24. The van der Waals surface area contributed by atoms with E-state index in [0.29, 0.717) is 17.8 Å². The Kier molecular flexibility index (Phi) is 5.83. The summed E-state index contributed by atoms with van der Waals surface area (Å²) >= 11 is 0. The molecule has 3 aromatic carbocycles. The lowest BCUT2D eigenvalue weighted by atomic mass is 10.1. The first-order valence-electron chi connectivity index (χ1n) is 10.1. The normalized spacial score (nSPS) is 11.0. The number of nitrogens with zero attached hydrogens (tertiary/aromatic N) is 3. The number of carbonyl (C=O) groups is 1. The summed E-state index contributed by atoms with van der Waals surface area (Å²) in [5.41, 5.74) is 4.94. The van der Waals surface area contributed by atoms with E-state index in [1.165, 1.54) is 0 Å². The van der Waals surface area contributed by atoms with E-state index in [0.717, 1.165) is 27.6 Å². The van der Waals surface area contributed by atoms with Crippen LogP contribution in [-0.2, 0) is 11.3 Å². The number of aromatic nitrogens is 1. The third-order valence-electron chi connectivity index (χ3n) is 5.24. The molecule has 0 spiro atoms. The fraction of sp³-hybridized carbons (Fsp3) is 0.0741. The number of hydrogen-bond acceptors (Lipinski definition) is 3. The van der Waals surface area contributed by atoms with Crippen molar-refractivity contribution in [3.05, 3.63) is 107 Å². The van der Waals surface area contributed by atoms with E-state index >= 15 is 0 Å². The van der Waals surface area contributed by atoms with E-state index in [-0.39, 0.29) is 5.57 Å². The molecule has 1 heterocycles. The predicted molar refractivity (Wildman–Crippen MR) is 126 cm³/mol. The second-order valence-corrected chi connectivity index (χ2v) is 7.49. The van der Waals surface area contributed by atoms with Gasteiger partial charge >= 0.3 is 0 Å². The molecule has 0 saturated carbocycles. The molecule has 0 radical (unpaired) electrons. The van der Waals surface area contributed by atoms with Gasteiger partial charge in [-0.05, 0) is 48.4 Å². The average molecular weight is 416 g/mol. The molecule has 4 rings (SSSR count). The maximum absolute atomic E-state index is 12.7. The first-order chi connectivity index (χ1) is 15.6. The Balaban J connectivity index is 1.71. The summed E-state index contributed by atoms with van der Waals surface area (Å²) in [7, 11) is 0. The van der Waals surface area contributed by atoms with E-state index in [1.807, 2.05) is 84.4 Å². The molecule has 5 nitrogen and oxygen atoms in total. The Bertz CT molecular complexity index is 1430. The molecule has 0 fully saturated rings. The highest BCUT2D eigenvalue weighted by Crippen LogP contribution is 2.25. The summed E-state index contributed by atoms with van der Waals surface area (Å²) in [6.45, 7) is 2.45. The SMILES string of the molecule is Cc1cccc(NC(=O)C(C#N)=Cc2cn(Cc3ccccc3C#N)c3ccccc23)c1. The van der Waals surface area contributed by atoms with Crippen molar-refractivity contribution in [3.8, 4) is 12.1 Å². The maximum atomic E-state index is 12.7. The van der Waals surface area contributed by atoms with Crippen LogP contribution in [0.15, 0.2) is 84.6 Å². The number of fused-ring (bicyclic) bond motifs is 1. The van der Waals surface area contributed by atoms with Crippen LogP contribution in [0.4, 0.5) is 5.69 Å². The van der Waals surface area contributed by atoms with Gasteiger partial charge in [0, 0.05) is 34.9 Å². The zero-order chi connectivity index (χ0) is 22.5. The molecule has 0 bridgehead atoms. The zero-order valence-corrected chi connectivity index (χ0v) is 17.5. The predicted octanol–water partition coefficient (Wildman–Crippen LogP) is 5.42. The minimum absolute atomic E-state index is 0.0202. The Morgan fingerprint density at radius 3 is 2.59 bits per heavy atom. The number of carbonyl (C=O) groups excluding carboxylic acids is 1. The van der Waals surface area contributed by atoms with Gasteiger partial charge < -0.3 is 9.88 Å². The highest BCUT2D eigenvalue weighted by Gasteiger charge is 2.14. The molecule has 1 aromatic heterocycles. The first kappa shape index (κ1) is 20.7. The lowest BCUT2D eigenvalue weighted by molar-refractivity contribution is -0.112. The molecule has 154 valence electrons. The van der Waals surface area contributed by atoms with Crippen LogP contribution in [0.3, 0.4) is 0 Å². The Hall–Kier alpha value is -4.61. The van der Waals surface area contributed by atoms with Crippen LogP contribution in [-0.4, -0.2) is 10.5 Å². The lowest BCUT2D eigenvalue weighted by Gasteiger charge is -2.07. The molecule has 32 heavy (non-hydrogen) atoms. The summed E-state index contributed by atoms with van der Waals surface area (Å²) in [6, 6.07) is 27.0. The van der Waals surface area contributed by atoms with Crippen molar-refractivity contribution in [1.29, 1.82) is 10.5 Å². The summed E-state index contributed by atoms with van der Waals surface area (Å²) in [5, 5.41) is 22.8. The number of nitriles is 2. The van der Waals surface area contributed by atoms with E-state index in [4.69, 9.17) is 0 Å². The molecule has 5 heteroatoms. The molecule has 0 aliphatic rings. The van der Waals surface area contributed by atoms with Gasteiger partial charge in [0.1, 0.15) is 11.6 Å². The first-order valence-corrected chi connectivity index (χ1v) is 10.1. The van der Waals surface area contributed by atoms with E-state index < -0.39 is 5.91 Å². The summed E-state index contributed by atoms with van der Waals surface area (Å²) in [6.07, 6.45) is 3.52. The number of benzene rings is 3. The number of para-hydroxylation sites is 1. The lowest BCUT2D eigenvalue weighted by Crippen LogP contribution is -2.13. The molecule has 0 unspecified atom stereocenters. The molecule has 0 aliphatic carbocycles. The van der Waals surface area contributed by atoms with Gasteiger partial charge in [0.2, 0.25) is 0 Å². The minimum Gasteiger partial charge on any atom is -0.342 e. The van der Waals surface area contributed by atoms with Gasteiger partial charge in [-0.2, -0.15) is 10.5 Å². The fourth-order valence-corrected chi connectivity index (χ4v) is 3.70. The van der Waals surface area contributed by atoms with Gasteiger partial charge in [-0.3, -0.25) is 4.79 Å². The second-order valence-electron chi connectivity index (χ2n) is 7.49. The highest BCUT2D eigenvalue weighted by atomic mass is 16.1. The standard InChI is InChI=1S/C27H20N4O/c1-19-7-6-10-24(13-19)30-27(32)22(16-29)14-23-18-31(26-12-5-4-11-25(23)26)17-21-9-3-2-8-20(21)15-28/h2-14,18H,17H2,1H3,(H,30,32). The smallest absolute Gasteiger partial charge is 0.266 e. The van der Waals surface area contributed by atoms with Crippen molar-refractivity contribution in [2.24, 2.45) is 0 Å². The van der Waals surface area contributed by atoms with Crippen molar-refractivity contribution in [3.63, 3.8) is 0 Å². The average Bonchev–Trinajstić information content (AvgIpc) is 3.15. The van der Waals surface area contributed by atoms with Crippen molar-refractivity contribution < 1.29 is 4.79 Å². The molecule has 0 saturated heterocycles. The molecule has 0 aliphatic heterocycles. The number of hydrogen-bond donors (Lipinski definition) is 1. The summed E-state index contributed by atoms with van der Waals surface area (Å²) in [5.74, 6) is -0.454. The number of anilines is 1. The van der Waals surface area contributed by atoms with Crippen molar-refractivity contribution in [1.82, 2.24) is 4.57 Å². The zero-order valence-electron chi connectivity index (χ0n) is 17.5. The van der Waals surface area contributed by atoms with E-state index in [2.05, 4.69) is 11.4 Å². The Morgan fingerprint density at radius 1 is 1.03 bits per heavy atom. The van der Waals surface area contributed by atoms with Crippen LogP contribution >= 0.6 is 0 Å². The van der Waals surface area contributed by atoms with Crippen LogP contribution in [0.5, 0.6) is 0 Å². The van der Waals surface area contributed by atoms with Gasteiger partial charge in [-0.25, -0.2) is 0 Å². The summed E-state index contributed by atoms with van der Waals surface area (Å²) in [4.78, 5) is 12.7. The van der Waals surface area contributed by atoms with E-state index in [9.17, 15) is 15.3 Å². The topological polar surface area (TPSA) is 81.6 Å². The van der Waals surface area contributed by atoms with Crippen LogP contribution in [0.25, 0.3) is 17.0 Å². The quantitative estimate of drug-likeness (QED) is 0.349. The molecule has 1 N–H and O–H groups in total. The largest absolute Gasteiger partial charge is 0.342 e. The Labute approximate surface area is 186 Å². The van der Waals surface area contributed by atoms with Gasteiger partial charge in [0.05, 0.1) is 11.6 Å². The van der Waals surface area contributed by atoms with Gasteiger partial charge in [0.25, 0.3) is 5.91 Å². The molecular weight excluding hydrogens is 396 g/mol. The highest BCUT2D eigenvalue weighted by molar-refractivity contribution is 6.10. The number of nitrogens with one attached hydrogen (secondary N) is 1. The molecular formula is C27H20N4O. The number of aryl methyl sites for hydroxylation is 1. The van der Waals surface area contributed by atoms with Crippen molar-refractivity contribution in [2.45, 2.75) is 13.5 Å². The second kappa shape index (κ2) is 9.04. The molecule has 1 amide bonds. The van der Waals surface area contributed by atoms with Gasteiger partial charge in [0.15, 0.2) is 0 Å². The van der Waals surface area contributed by atoms with Crippen molar-refractivity contribution >= 4 is 28.6 Å². The molecule has 4 aromatic rings. The molecule has 0 atom stereocenters. The van der Waals surface area contributed by atoms with Crippen LogP contribution in [0, 0.1) is 29.6 Å². The fourth-order valence-electron chi connectivity index (χ4n) is 3.70. The van der Waals surface area contributed by atoms with Gasteiger partial charge in [-0.15, -0.1) is 0 Å². The maximum Gasteiger partial charge on any atom is 0.266 e. The van der Waals surface area contributed by atoms with Gasteiger partial charge in [-0.1, -0.05) is 48.5 Å². The van der Waals surface area contributed by atoms with Crippen LogP contribution in [0.2, 0.25) is 0 Å². The monoisotopic (exact) mass is 416 g/mol. The van der Waals surface area contributed by atoms with Crippen LogP contribution < -0.4 is 5.32 Å².